The maximum atomic E-state index is 12.8. The zero-order valence-corrected chi connectivity index (χ0v) is 18.3. The van der Waals surface area contributed by atoms with Gasteiger partial charge in [0.25, 0.3) is 5.91 Å². The highest BCUT2D eigenvalue weighted by molar-refractivity contribution is 8.26. The number of rotatable bonds is 5. The summed E-state index contributed by atoms with van der Waals surface area (Å²) >= 11 is 12.5. The first-order chi connectivity index (χ1) is 13.2. The molecule has 2 fully saturated rings. The summed E-state index contributed by atoms with van der Waals surface area (Å²) in [5.74, 6) is -0.598. The minimum atomic E-state index is -3.11. The van der Waals surface area contributed by atoms with Gasteiger partial charge in [0.05, 0.1) is 16.4 Å². The highest BCUT2D eigenvalue weighted by Gasteiger charge is 2.38. The fourth-order valence-corrected chi connectivity index (χ4v) is 6.42. The molecule has 2 amide bonds. The standard InChI is InChI=1S/C18H19ClN2O4S3/c1-2-20(13-7-8-28(24,25)11-13)16(22)10-21-17(23)15(27-18(21)26)9-12-5-3-4-6-14(12)19/h3-6,9,13H,2,7-8,10-11H2,1H3. The Morgan fingerprint density at radius 1 is 1.43 bits per heavy atom. The van der Waals surface area contributed by atoms with Gasteiger partial charge in [-0.25, -0.2) is 8.42 Å². The number of benzene rings is 1. The topological polar surface area (TPSA) is 74.8 Å². The van der Waals surface area contributed by atoms with E-state index in [0.717, 1.165) is 11.8 Å². The van der Waals surface area contributed by atoms with Crippen LogP contribution < -0.4 is 0 Å². The van der Waals surface area contributed by atoms with Crippen molar-refractivity contribution < 1.29 is 18.0 Å². The second-order valence-electron chi connectivity index (χ2n) is 6.53. The molecule has 0 spiro atoms. The van der Waals surface area contributed by atoms with Crippen LogP contribution in [0.15, 0.2) is 29.2 Å². The summed E-state index contributed by atoms with van der Waals surface area (Å²) in [6.45, 7) is 1.97. The first kappa shape index (κ1) is 21.3. The highest BCUT2D eigenvalue weighted by atomic mass is 35.5. The SMILES string of the molecule is CCN(C(=O)CN1C(=O)C(=Cc2ccccc2Cl)SC1=S)C1CCS(=O)(=O)C1. The van der Waals surface area contributed by atoms with E-state index in [9.17, 15) is 18.0 Å². The Bertz CT molecular complexity index is 961. The monoisotopic (exact) mass is 458 g/mol. The van der Waals surface area contributed by atoms with Crippen molar-refractivity contribution in [1.82, 2.24) is 9.80 Å². The van der Waals surface area contributed by atoms with E-state index in [2.05, 4.69) is 0 Å². The van der Waals surface area contributed by atoms with E-state index in [0.29, 0.717) is 32.8 Å². The van der Waals surface area contributed by atoms with Crippen LogP contribution in [0, 0.1) is 0 Å². The van der Waals surface area contributed by atoms with Crippen LogP contribution in [0.3, 0.4) is 0 Å². The molecular formula is C18H19ClN2O4S3. The molecule has 1 aromatic carbocycles. The molecule has 0 N–H and O–H groups in total. The largest absolute Gasteiger partial charge is 0.337 e. The van der Waals surface area contributed by atoms with Crippen LogP contribution in [-0.4, -0.2) is 65.0 Å². The zero-order valence-electron chi connectivity index (χ0n) is 15.1. The van der Waals surface area contributed by atoms with E-state index in [4.69, 9.17) is 23.8 Å². The number of hydrogen-bond donors (Lipinski definition) is 0. The van der Waals surface area contributed by atoms with E-state index < -0.39 is 9.84 Å². The Labute approximate surface area is 178 Å². The molecule has 0 aliphatic carbocycles. The van der Waals surface area contributed by atoms with E-state index in [-0.39, 0.29) is 35.9 Å². The van der Waals surface area contributed by atoms with Crippen LogP contribution >= 0.6 is 35.6 Å². The quantitative estimate of drug-likeness (QED) is 0.498. The highest BCUT2D eigenvalue weighted by Crippen LogP contribution is 2.33. The first-order valence-corrected chi connectivity index (χ1v) is 12.1. The number of amides is 2. The third-order valence-corrected chi connectivity index (χ3v) is 8.14. The fraction of sp³-hybridized carbons (Fsp3) is 0.389. The van der Waals surface area contributed by atoms with Crippen molar-refractivity contribution in [2.45, 2.75) is 19.4 Å². The molecule has 0 saturated carbocycles. The molecule has 2 heterocycles. The van der Waals surface area contributed by atoms with Crippen LogP contribution in [0.25, 0.3) is 6.08 Å². The Kier molecular flexibility index (Phi) is 6.48. The number of nitrogens with zero attached hydrogens (tertiary/aromatic N) is 2. The van der Waals surface area contributed by atoms with E-state index >= 15 is 0 Å². The molecule has 1 atom stereocenters. The van der Waals surface area contributed by atoms with Gasteiger partial charge in [0, 0.05) is 17.6 Å². The van der Waals surface area contributed by atoms with Crippen molar-refractivity contribution in [3.63, 3.8) is 0 Å². The third kappa shape index (κ3) is 4.59. The molecule has 2 aliphatic heterocycles. The van der Waals surface area contributed by atoms with Gasteiger partial charge in [0.15, 0.2) is 9.84 Å². The average Bonchev–Trinajstić information content (AvgIpc) is 3.11. The van der Waals surface area contributed by atoms with Gasteiger partial charge >= 0.3 is 0 Å². The second-order valence-corrected chi connectivity index (χ2v) is 10.8. The number of sulfone groups is 1. The molecule has 0 aromatic heterocycles. The van der Waals surface area contributed by atoms with Gasteiger partial charge in [0.1, 0.15) is 10.9 Å². The van der Waals surface area contributed by atoms with E-state index in [1.165, 1.54) is 9.80 Å². The van der Waals surface area contributed by atoms with Gasteiger partial charge in [-0.3, -0.25) is 14.5 Å². The van der Waals surface area contributed by atoms with Crippen molar-refractivity contribution in [3.8, 4) is 0 Å². The molecule has 1 unspecified atom stereocenters. The molecule has 0 radical (unpaired) electrons. The summed E-state index contributed by atoms with van der Waals surface area (Å²) in [6, 6.07) is 6.79. The number of thiocarbonyl (C=S) groups is 1. The van der Waals surface area contributed by atoms with E-state index in [1.54, 1.807) is 31.2 Å². The predicted molar refractivity (Wildman–Crippen MR) is 116 cm³/mol. The van der Waals surface area contributed by atoms with Crippen molar-refractivity contribution in [1.29, 1.82) is 0 Å². The van der Waals surface area contributed by atoms with Gasteiger partial charge in [-0.1, -0.05) is 53.8 Å². The molecular weight excluding hydrogens is 440 g/mol. The van der Waals surface area contributed by atoms with E-state index in [1.807, 2.05) is 6.07 Å². The zero-order chi connectivity index (χ0) is 20.5. The molecule has 28 heavy (non-hydrogen) atoms. The average molecular weight is 459 g/mol. The van der Waals surface area contributed by atoms with Gasteiger partial charge < -0.3 is 4.90 Å². The fourth-order valence-electron chi connectivity index (χ4n) is 3.26. The van der Waals surface area contributed by atoms with Crippen molar-refractivity contribution in [2.24, 2.45) is 0 Å². The lowest BCUT2D eigenvalue weighted by molar-refractivity contribution is -0.136. The maximum Gasteiger partial charge on any atom is 0.266 e. The summed E-state index contributed by atoms with van der Waals surface area (Å²) < 4.78 is 23.8. The molecule has 150 valence electrons. The summed E-state index contributed by atoms with van der Waals surface area (Å²) in [5.41, 5.74) is 0.697. The van der Waals surface area contributed by atoms with Crippen LogP contribution in [0.4, 0.5) is 0 Å². The third-order valence-electron chi connectivity index (χ3n) is 4.67. The molecule has 1 aromatic rings. The molecule has 2 saturated heterocycles. The number of thioether (sulfide) groups is 1. The number of carbonyl (C=O) groups is 2. The van der Waals surface area contributed by atoms with Gasteiger partial charge in [-0.15, -0.1) is 0 Å². The molecule has 6 nitrogen and oxygen atoms in total. The van der Waals surface area contributed by atoms with Crippen molar-refractivity contribution in [3.05, 3.63) is 39.8 Å². The van der Waals surface area contributed by atoms with Crippen LogP contribution in [-0.2, 0) is 19.4 Å². The predicted octanol–water partition coefficient (Wildman–Crippen LogP) is 2.58. The summed E-state index contributed by atoms with van der Waals surface area (Å²) in [6.07, 6.45) is 2.08. The van der Waals surface area contributed by atoms with Crippen LogP contribution in [0.2, 0.25) is 5.02 Å². The normalized spacial score (nSPS) is 22.9. The minimum Gasteiger partial charge on any atom is -0.337 e. The van der Waals surface area contributed by atoms with Crippen LogP contribution in [0.5, 0.6) is 0 Å². The van der Waals surface area contributed by atoms with Gasteiger partial charge in [-0.2, -0.15) is 0 Å². The van der Waals surface area contributed by atoms with Crippen molar-refractivity contribution in [2.75, 3.05) is 24.6 Å². The summed E-state index contributed by atoms with van der Waals surface area (Å²) in [7, 11) is -3.11. The van der Waals surface area contributed by atoms with Crippen LogP contribution in [0.1, 0.15) is 18.9 Å². The maximum absolute atomic E-state index is 12.8. The molecule has 2 aliphatic rings. The number of halogens is 1. The Hall–Kier alpha value is -1.42. The minimum absolute atomic E-state index is 0.0304. The molecule has 10 heteroatoms. The second kappa shape index (κ2) is 8.52. The van der Waals surface area contributed by atoms with Gasteiger partial charge in [0.2, 0.25) is 5.91 Å². The number of hydrogen-bond acceptors (Lipinski definition) is 6. The van der Waals surface area contributed by atoms with Crippen molar-refractivity contribution >= 4 is 67.6 Å². The summed E-state index contributed by atoms with van der Waals surface area (Å²) in [4.78, 5) is 28.7. The lowest BCUT2D eigenvalue weighted by Gasteiger charge is -2.28. The number of likely N-dealkylation sites (N-methyl/N-ethyl adjacent to an activating group) is 1. The lowest BCUT2D eigenvalue weighted by Crippen LogP contribution is -2.47. The lowest BCUT2D eigenvalue weighted by atomic mass is 10.2. The van der Waals surface area contributed by atoms with Gasteiger partial charge in [-0.05, 0) is 31.1 Å². The Balaban J connectivity index is 1.73. The molecule has 0 bridgehead atoms. The smallest absolute Gasteiger partial charge is 0.266 e. The Morgan fingerprint density at radius 3 is 2.75 bits per heavy atom. The Morgan fingerprint density at radius 2 is 2.14 bits per heavy atom. The first-order valence-electron chi connectivity index (χ1n) is 8.71. The summed E-state index contributed by atoms with van der Waals surface area (Å²) in [5, 5.41) is 0.517. The number of carbonyl (C=O) groups excluding carboxylic acids is 2. The molecule has 3 rings (SSSR count).